The highest BCUT2D eigenvalue weighted by atomic mass is 16.5. The first-order chi connectivity index (χ1) is 11.7. The summed E-state index contributed by atoms with van der Waals surface area (Å²) in [5, 5.41) is 3.08. The lowest BCUT2D eigenvalue weighted by molar-refractivity contribution is 0.321. The molecule has 0 fully saturated rings. The van der Waals surface area contributed by atoms with Gasteiger partial charge in [0, 0.05) is 13.1 Å². The van der Waals surface area contributed by atoms with Gasteiger partial charge in [0.2, 0.25) is 0 Å². The van der Waals surface area contributed by atoms with E-state index in [9.17, 15) is 0 Å². The van der Waals surface area contributed by atoms with Crippen LogP contribution in [-0.4, -0.2) is 32.6 Å². The molecule has 0 saturated heterocycles. The number of nitrogens with one attached hydrogen (secondary N) is 1. The third-order valence-electron chi connectivity index (χ3n) is 3.70. The molecule has 0 saturated carbocycles. The van der Waals surface area contributed by atoms with Gasteiger partial charge in [0.25, 0.3) is 0 Å². The van der Waals surface area contributed by atoms with Gasteiger partial charge in [-0.2, -0.15) is 0 Å². The van der Waals surface area contributed by atoms with Gasteiger partial charge in [-0.15, -0.1) is 0 Å². The van der Waals surface area contributed by atoms with Crippen LogP contribution in [0.4, 0.5) is 0 Å². The highest BCUT2D eigenvalue weighted by molar-refractivity contribution is 5.28. The van der Waals surface area contributed by atoms with Gasteiger partial charge >= 0.3 is 0 Å². The van der Waals surface area contributed by atoms with Crippen molar-refractivity contribution in [2.75, 3.05) is 27.7 Å². The van der Waals surface area contributed by atoms with Gasteiger partial charge in [0.05, 0.1) is 7.11 Å². The number of ether oxygens (including phenoxy) is 1. The minimum Gasteiger partial charge on any atom is -0.497 e. The molecule has 2 aromatic carbocycles. The van der Waals surface area contributed by atoms with Crippen molar-refractivity contribution in [3.63, 3.8) is 0 Å². The average molecular weight is 329 g/mol. The van der Waals surface area contributed by atoms with Gasteiger partial charge in [-0.05, 0) is 50.3 Å². The molecule has 0 aliphatic heterocycles. The summed E-state index contributed by atoms with van der Waals surface area (Å²) in [6.45, 7) is 5.39. The lowest BCUT2D eigenvalue weighted by Crippen LogP contribution is -2.18. The van der Waals surface area contributed by atoms with Crippen molar-refractivity contribution >= 4 is 0 Å². The van der Waals surface area contributed by atoms with E-state index in [1.165, 1.54) is 30.5 Å². The maximum atomic E-state index is 5.07. The maximum absolute atomic E-state index is 5.07. The van der Waals surface area contributed by atoms with E-state index in [-0.39, 0.29) is 0 Å². The largest absolute Gasteiger partial charge is 0.497 e. The molecule has 1 N–H and O–H groups in total. The molecule has 0 aliphatic rings. The number of nitrogens with zero attached hydrogens (tertiary/aromatic N) is 1. The Morgan fingerprint density at radius 3 is 2.33 bits per heavy atom. The smallest absolute Gasteiger partial charge is 0.119 e. The summed E-state index contributed by atoms with van der Waals surface area (Å²) >= 11 is 0. The molecule has 2 rings (SSSR count). The van der Waals surface area contributed by atoms with Crippen LogP contribution < -0.4 is 10.1 Å². The molecule has 24 heavy (non-hydrogen) atoms. The summed E-state index contributed by atoms with van der Waals surface area (Å²) in [4.78, 5) is 2.37. The second kappa shape index (κ2) is 12.6. The van der Waals surface area contributed by atoms with Crippen molar-refractivity contribution in [2.45, 2.75) is 32.9 Å². The molecule has 0 bridgehead atoms. The van der Waals surface area contributed by atoms with E-state index in [0.717, 1.165) is 18.8 Å². The van der Waals surface area contributed by atoms with Crippen LogP contribution in [0.25, 0.3) is 0 Å². The number of benzene rings is 2. The van der Waals surface area contributed by atoms with Gasteiger partial charge in [0.1, 0.15) is 5.75 Å². The van der Waals surface area contributed by atoms with E-state index < -0.39 is 0 Å². The topological polar surface area (TPSA) is 24.5 Å². The molecule has 2 aromatic rings. The first kappa shape index (κ1) is 20.2. The third kappa shape index (κ3) is 8.70. The molecular formula is C21H32N2O. The molecule has 0 radical (unpaired) electrons. The fourth-order valence-corrected chi connectivity index (χ4v) is 2.39. The molecule has 3 nitrogen and oxygen atoms in total. The molecule has 0 unspecified atom stereocenters. The van der Waals surface area contributed by atoms with Crippen LogP contribution in [0.2, 0.25) is 0 Å². The summed E-state index contributed by atoms with van der Waals surface area (Å²) in [5.74, 6) is 0.915. The van der Waals surface area contributed by atoms with Crippen molar-refractivity contribution in [3.05, 3.63) is 65.7 Å². The Morgan fingerprint density at radius 2 is 1.71 bits per heavy atom. The summed E-state index contributed by atoms with van der Waals surface area (Å²) in [6.07, 6.45) is 2.57. The van der Waals surface area contributed by atoms with Crippen LogP contribution in [0.15, 0.2) is 54.6 Å². The summed E-state index contributed by atoms with van der Waals surface area (Å²) in [5.41, 5.74) is 2.65. The molecule has 3 heteroatoms. The molecule has 0 heterocycles. The molecule has 0 aromatic heterocycles. The first-order valence-electron chi connectivity index (χ1n) is 8.69. The van der Waals surface area contributed by atoms with Crippen LogP contribution in [0, 0.1) is 0 Å². The van der Waals surface area contributed by atoms with E-state index in [1.54, 1.807) is 7.11 Å². The van der Waals surface area contributed by atoms with Crippen molar-refractivity contribution in [3.8, 4) is 5.75 Å². The highest BCUT2D eigenvalue weighted by Gasteiger charge is 1.97. The lowest BCUT2D eigenvalue weighted by Gasteiger charge is -2.15. The van der Waals surface area contributed by atoms with Gasteiger partial charge in [-0.3, -0.25) is 0 Å². The SMILES string of the molecule is CCCCN(C)Cc1ccccc1.CNCc1cccc(OC)c1. The minimum atomic E-state index is 0.886. The van der Waals surface area contributed by atoms with E-state index in [2.05, 4.69) is 60.6 Å². The molecule has 0 amide bonds. The first-order valence-corrected chi connectivity index (χ1v) is 8.69. The third-order valence-corrected chi connectivity index (χ3v) is 3.70. The maximum Gasteiger partial charge on any atom is 0.119 e. The van der Waals surface area contributed by atoms with E-state index in [0.29, 0.717) is 0 Å². The Labute approximate surface area is 147 Å². The normalized spacial score (nSPS) is 10.2. The summed E-state index contributed by atoms with van der Waals surface area (Å²) < 4.78 is 5.07. The van der Waals surface area contributed by atoms with Gasteiger partial charge in [0.15, 0.2) is 0 Å². The van der Waals surface area contributed by atoms with Crippen molar-refractivity contribution < 1.29 is 4.74 Å². The zero-order chi connectivity index (χ0) is 17.6. The van der Waals surface area contributed by atoms with Crippen LogP contribution in [0.3, 0.4) is 0 Å². The number of hydrogen-bond acceptors (Lipinski definition) is 3. The molecule has 0 aliphatic carbocycles. The van der Waals surface area contributed by atoms with Crippen molar-refractivity contribution in [1.82, 2.24) is 10.2 Å². The fourth-order valence-electron chi connectivity index (χ4n) is 2.39. The quantitative estimate of drug-likeness (QED) is 0.780. The van der Waals surface area contributed by atoms with Gasteiger partial charge in [-0.1, -0.05) is 55.8 Å². The zero-order valence-corrected chi connectivity index (χ0v) is 15.6. The highest BCUT2D eigenvalue weighted by Crippen LogP contribution is 2.11. The predicted octanol–water partition coefficient (Wildman–Crippen LogP) is 4.33. The molecule has 132 valence electrons. The minimum absolute atomic E-state index is 0.886. The number of rotatable bonds is 8. The predicted molar refractivity (Wildman–Crippen MR) is 103 cm³/mol. The number of hydrogen-bond donors (Lipinski definition) is 1. The van der Waals surface area contributed by atoms with Crippen molar-refractivity contribution in [2.24, 2.45) is 0 Å². The van der Waals surface area contributed by atoms with Gasteiger partial charge in [-0.25, -0.2) is 0 Å². The molecule has 0 spiro atoms. The summed E-state index contributed by atoms with van der Waals surface area (Å²) in [6, 6.07) is 18.7. The Balaban J connectivity index is 0.000000243. The molecule has 0 atom stereocenters. The zero-order valence-electron chi connectivity index (χ0n) is 15.6. The van der Waals surface area contributed by atoms with E-state index in [1.807, 2.05) is 25.2 Å². The summed E-state index contributed by atoms with van der Waals surface area (Å²) in [7, 11) is 5.79. The fraction of sp³-hybridized carbons (Fsp3) is 0.429. The second-order valence-corrected chi connectivity index (χ2v) is 5.96. The Hall–Kier alpha value is -1.84. The molecular weight excluding hydrogens is 296 g/mol. The van der Waals surface area contributed by atoms with Crippen molar-refractivity contribution in [1.29, 1.82) is 0 Å². The monoisotopic (exact) mass is 328 g/mol. The Kier molecular flexibility index (Phi) is 10.6. The second-order valence-electron chi connectivity index (χ2n) is 5.96. The number of unbranched alkanes of at least 4 members (excludes halogenated alkanes) is 1. The number of methoxy groups -OCH3 is 1. The van der Waals surface area contributed by atoms with E-state index in [4.69, 9.17) is 4.74 Å². The van der Waals surface area contributed by atoms with Crippen LogP contribution in [0.1, 0.15) is 30.9 Å². The average Bonchev–Trinajstić information content (AvgIpc) is 2.62. The van der Waals surface area contributed by atoms with Gasteiger partial charge < -0.3 is 15.0 Å². The standard InChI is InChI=1S/C12H19N.C9H13NO/c1-3-4-10-13(2)11-12-8-6-5-7-9-12;1-10-7-8-4-3-5-9(6-8)11-2/h5-9H,3-4,10-11H2,1-2H3;3-6,10H,7H2,1-2H3. The van der Waals surface area contributed by atoms with Crippen LogP contribution in [0.5, 0.6) is 5.75 Å². The Morgan fingerprint density at radius 1 is 1.00 bits per heavy atom. The van der Waals surface area contributed by atoms with Crippen LogP contribution in [-0.2, 0) is 13.1 Å². The van der Waals surface area contributed by atoms with E-state index >= 15 is 0 Å². The lowest BCUT2D eigenvalue weighted by atomic mass is 10.2. The Bertz CT molecular complexity index is 543. The van der Waals surface area contributed by atoms with Crippen LogP contribution >= 0.6 is 0 Å².